The largest absolute Gasteiger partial charge is 0.354 e. The van der Waals surface area contributed by atoms with Gasteiger partial charge < -0.3 is 10.6 Å². The average molecular weight is 390 g/mol. The van der Waals surface area contributed by atoms with Gasteiger partial charge in [-0.15, -0.1) is 11.8 Å². The Hall–Kier alpha value is -2.02. The summed E-state index contributed by atoms with van der Waals surface area (Å²) in [7, 11) is 0. The summed E-state index contributed by atoms with van der Waals surface area (Å²) in [4.78, 5) is 39.6. The van der Waals surface area contributed by atoms with E-state index in [0.29, 0.717) is 13.0 Å². The highest BCUT2D eigenvalue weighted by molar-refractivity contribution is 7.99. The van der Waals surface area contributed by atoms with Crippen LogP contribution < -0.4 is 10.6 Å². The molecule has 1 heterocycles. The highest BCUT2D eigenvalue weighted by atomic mass is 32.2. The molecular weight excluding hydrogens is 362 g/mol. The Balaban J connectivity index is 1.47. The Bertz CT molecular complexity index is 722. The van der Waals surface area contributed by atoms with E-state index < -0.39 is 11.6 Å². The first kappa shape index (κ1) is 19.7. The number of aryl methyl sites for hydroxylation is 1. The molecule has 0 bridgehead atoms. The van der Waals surface area contributed by atoms with Gasteiger partial charge in [-0.3, -0.25) is 14.5 Å². The van der Waals surface area contributed by atoms with Crippen molar-refractivity contribution in [3.63, 3.8) is 0 Å². The van der Waals surface area contributed by atoms with Crippen molar-refractivity contribution in [1.29, 1.82) is 0 Å². The molecule has 3 rings (SSSR count). The lowest BCUT2D eigenvalue weighted by Gasteiger charge is -2.36. The molecule has 2 N–H and O–H groups in total. The third-order valence-electron chi connectivity index (χ3n) is 5.52. The Morgan fingerprint density at radius 2 is 2.04 bits per heavy atom. The number of imide groups is 1. The maximum atomic E-state index is 12.8. The van der Waals surface area contributed by atoms with Crippen molar-refractivity contribution in [3.05, 3.63) is 29.8 Å². The summed E-state index contributed by atoms with van der Waals surface area (Å²) in [5.74, 6) is 0.282. The van der Waals surface area contributed by atoms with E-state index in [4.69, 9.17) is 0 Å². The molecule has 7 heteroatoms. The number of nitrogens with one attached hydrogen (secondary N) is 2. The number of amides is 4. The van der Waals surface area contributed by atoms with Crippen LogP contribution in [-0.2, 0) is 9.59 Å². The molecule has 2 atom stereocenters. The molecule has 1 aromatic carbocycles. The van der Waals surface area contributed by atoms with Crippen molar-refractivity contribution in [1.82, 2.24) is 15.5 Å². The van der Waals surface area contributed by atoms with Crippen molar-refractivity contribution < 1.29 is 14.4 Å². The van der Waals surface area contributed by atoms with Gasteiger partial charge in [-0.1, -0.05) is 37.5 Å². The van der Waals surface area contributed by atoms with Gasteiger partial charge in [0.15, 0.2) is 0 Å². The lowest BCUT2D eigenvalue weighted by Crippen LogP contribution is -2.54. The number of hydrogen-bond acceptors (Lipinski definition) is 4. The van der Waals surface area contributed by atoms with E-state index in [9.17, 15) is 14.4 Å². The second-order valence-corrected chi connectivity index (χ2v) is 8.62. The molecule has 1 aliphatic carbocycles. The van der Waals surface area contributed by atoms with Crippen LogP contribution in [0.3, 0.4) is 0 Å². The summed E-state index contributed by atoms with van der Waals surface area (Å²) >= 11 is 1.66. The van der Waals surface area contributed by atoms with E-state index >= 15 is 0 Å². The van der Waals surface area contributed by atoms with Gasteiger partial charge >= 0.3 is 6.03 Å². The number of hydrogen-bond donors (Lipinski definition) is 2. The summed E-state index contributed by atoms with van der Waals surface area (Å²) < 4.78 is 0. The van der Waals surface area contributed by atoms with Gasteiger partial charge in [0, 0.05) is 17.2 Å². The van der Waals surface area contributed by atoms with Gasteiger partial charge in [0.05, 0.1) is 0 Å². The standard InChI is InChI=1S/C20H27N3O3S/c1-14-6-8-16(9-7-14)27-12-11-21-17(24)13-23-18(25)20(22-19(23)26)10-4-3-5-15(20)2/h6-9,15H,3-5,10-13H2,1-2H3,(H,21,24)(H,22,26)/t15-,20+/m1/s1. The molecule has 1 saturated heterocycles. The molecule has 6 nitrogen and oxygen atoms in total. The number of carbonyl (C=O) groups is 3. The summed E-state index contributed by atoms with van der Waals surface area (Å²) in [6.07, 6.45) is 3.57. The SMILES string of the molecule is Cc1ccc(SCCNC(=O)CN2C(=O)N[C@]3(CCCC[C@H]3C)C2=O)cc1. The van der Waals surface area contributed by atoms with E-state index in [1.807, 2.05) is 13.8 Å². The minimum absolute atomic E-state index is 0.0988. The smallest absolute Gasteiger partial charge is 0.325 e. The van der Waals surface area contributed by atoms with Crippen LogP contribution in [0.5, 0.6) is 0 Å². The summed E-state index contributed by atoms with van der Waals surface area (Å²) in [6.45, 7) is 4.32. The highest BCUT2D eigenvalue weighted by Crippen LogP contribution is 2.38. The first-order valence-electron chi connectivity index (χ1n) is 9.52. The van der Waals surface area contributed by atoms with Crippen LogP contribution in [0.4, 0.5) is 4.79 Å². The molecule has 1 aromatic rings. The summed E-state index contributed by atoms with van der Waals surface area (Å²) in [6, 6.07) is 7.78. The molecule has 0 aromatic heterocycles. The Morgan fingerprint density at radius 1 is 1.30 bits per heavy atom. The molecule has 1 aliphatic heterocycles. The van der Waals surface area contributed by atoms with Crippen molar-refractivity contribution >= 4 is 29.6 Å². The van der Waals surface area contributed by atoms with E-state index in [0.717, 1.165) is 34.8 Å². The van der Waals surface area contributed by atoms with E-state index in [1.165, 1.54) is 5.56 Å². The number of carbonyl (C=O) groups excluding carboxylic acids is 3. The van der Waals surface area contributed by atoms with Crippen molar-refractivity contribution in [2.45, 2.75) is 50.0 Å². The van der Waals surface area contributed by atoms with Crippen molar-refractivity contribution in [2.75, 3.05) is 18.8 Å². The molecule has 27 heavy (non-hydrogen) atoms. The van der Waals surface area contributed by atoms with Gasteiger partial charge in [-0.2, -0.15) is 0 Å². The molecule has 1 spiro atoms. The molecule has 0 radical (unpaired) electrons. The molecule has 2 fully saturated rings. The minimum atomic E-state index is -0.809. The molecule has 1 saturated carbocycles. The molecule has 146 valence electrons. The second-order valence-electron chi connectivity index (χ2n) is 7.45. The lowest BCUT2D eigenvalue weighted by molar-refractivity contribution is -0.137. The maximum Gasteiger partial charge on any atom is 0.325 e. The molecule has 0 unspecified atom stereocenters. The highest BCUT2D eigenvalue weighted by Gasteiger charge is 2.55. The van der Waals surface area contributed by atoms with E-state index in [2.05, 4.69) is 34.9 Å². The minimum Gasteiger partial charge on any atom is -0.354 e. The number of rotatable bonds is 6. The van der Waals surface area contributed by atoms with Gasteiger partial charge in [0.2, 0.25) is 5.91 Å². The van der Waals surface area contributed by atoms with Crippen LogP contribution in [0.2, 0.25) is 0 Å². The fourth-order valence-corrected chi connectivity index (χ4v) is 4.60. The first-order valence-corrected chi connectivity index (χ1v) is 10.5. The lowest BCUT2D eigenvalue weighted by atomic mass is 9.73. The Kier molecular flexibility index (Phi) is 6.09. The predicted octanol–water partition coefficient (Wildman–Crippen LogP) is 2.70. The zero-order chi connectivity index (χ0) is 19.4. The summed E-state index contributed by atoms with van der Waals surface area (Å²) in [5.41, 5.74) is 0.406. The van der Waals surface area contributed by atoms with Crippen molar-refractivity contribution in [3.8, 4) is 0 Å². The van der Waals surface area contributed by atoms with Gasteiger partial charge in [0.1, 0.15) is 12.1 Å². The zero-order valence-electron chi connectivity index (χ0n) is 15.9. The molecular formula is C20H27N3O3S. The number of urea groups is 1. The fourth-order valence-electron chi connectivity index (χ4n) is 3.83. The quantitative estimate of drug-likeness (QED) is 0.445. The third-order valence-corrected chi connectivity index (χ3v) is 6.53. The van der Waals surface area contributed by atoms with Crippen LogP contribution >= 0.6 is 11.8 Å². The summed E-state index contributed by atoms with van der Waals surface area (Å²) in [5, 5.41) is 5.67. The van der Waals surface area contributed by atoms with Gasteiger partial charge in [0.25, 0.3) is 5.91 Å². The van der Waals surface area contributed by atoms with Gasteiger partial charge in [-0.25, -0.2) is 4.79 Å². The topological polar surface area (TPSA) is 78.5 Å². The van der Waals surface area contributed by atoms with Gasteiger partial charge in [-0.05, 0) is 37.8 Å². The van der Waals surface area contributed by atoms with Crippen LogP contribution in [0.15, 0.2) is 29.2 Å². The molecule has 4 amide bonds. The van der Waals surface area contributed by atoms with Crippen molar-refractivity contribution in [2.24, 2.45) is 5.92 Å². The number of benzene rings is 1. The fraction of sp³-hybridized carbons (Fsp3) is 0.550. The number of thioether (sulfide) groups is 1. The van der Waals surface area contributed by atoms with Crippen LogP contribution in [-0.4, -0.2) is 47.1 Å². The average Bonchev–Trinajstić information content (AvgIpc) is 2.88. The third kappa shape index (κ3) is 4.29. The van der Waals surface area contributed by atoms with Crippen LogP contribution in [0.1, 0.15) is 38.2 Å². The predicted molar refractivity (Wildman–Crippen MR) is 106 cm³/mol. The maximum absolute atomic E-state index is 12.8. The van der Waals surface area contributed by atoms with Crippen LogP contribution in [0, 0.1) is 12.8 Å². The number of nitrogens with zero attached hydrogens (tertiary/aromatic N) is 1. The van der Waals surface area contributed by atoms with E-state index in [1.54, 1.807) is 11.8 Å². The van der Waals surface area contributed by atoms with Crippen LogP contribution in [0.25, 0.3) is 0 Å². The molecule has 2 aliphatic rings. The Labute approximate surface area is 164 Å². The Morgan fingerprint density at radius 3 is 2.74 bits per heavy atom. The monoisotopic (exact) mass is 389 g/mol. The first-order chi connectivity index (χ1) is 12.9. The normalized spacial score (nSPS) is 25.0. The second kappa shape index (κ2) is 8.33. The van der Waals surface area contributed by atoms with E-state index in [-0.39, 0.29) is 24.3 Å². The zero-order valence-corrected chi connectivity index (χ0v) is 16.7.